The molecule has 0 unspecified atom stereocenters. The maximum absolute atomic E-state index is 10.6. The largest absolute Gasteiger partial charge is 0.545 e. The molecular weight excluding hydrogens is 515 g/mol. The fourth-order valence-electron chi connectivity index (χ4n) is 6.73. The average molecular weight is 555 g/mol. The standard InChI is InChI=1S/C11H8O3.3C6H11.Sn/c12-10-8-4-2-1-3-7(8)5-6-9(10)11(13)14;3*1-2-4-6-5-3-1;/h1-6,12H,(H,13,14);3*1H,2-6H2;/q;;;;+1/p-1. The molecule has 3 aliphatic carbocycles. The molecule has 5 rings (SSSR count). The van der Waals surface area contributed by atoms with E-state index in [1.54, 1.807) is 121 Å². The van der Waals surface area contributed by atoms with Gasteiger partial charge in [0.05, 0.1) is 5.97 Å². The first-order valence-electron chi connectivity index (χ1n) is 13.4. The van der Waals surface area contributed by atoms with Crippen LogP contribution in [-0.4, -0.2) is 30.8 Å². The van der Waals surface area contributed by atoms with Crippen LogP contribution in [0.4, 0.5) is 0 Å². The third kappa shape index (κ3) is 6.46. The van der Waals surface area contributed by atoms with E-state index < -0.39 is 25.7 Å². The molecule has 4 heteroatoms. The molecule has 3 nitrogen and oxygen atoms in total. The van der Waals surface area contributed by atoms with Gasteiger partial charge in [0.15, 0.2) is 0 Å². The third-order valence-corrected chi connectivity index (χ3v) is 21.4. The average Bonchev–Trinajstić information content (AvgIpc) is 2.87. The maximum Gasteiger partial charge on any atom is 0.132 e. The predicted octanol–water partition coefficient (Wildman–Crippen LogP) is 7.39. The summed E-state index contributed by atoms with van der Waals surface area (Å²) in [6.07, 6.45) is 24.2. The molecule has 0 atom stereocenters. The molecule has 3 aliphatic rings. The second-order valence-electron chi connectivity index (χ2n) is 10.5. The fraction of sp³-hybridized carbons (Fsp3) is 0.621. The number of phenols is 1. The number of aromatic hydroxyl groups is 1. The summed E-state index contributed by atoms with van der Waals surface area (Å²) < 4.78 is 3.96. The van der Waals surface area contributed by atoms with Crippen LogP contribution in [0.25, 0.3) is 10.8 Å². The minimum absolute atomic E-state index is 0.177. The molecule has 2 aromatic carbocycles. The van der Waals surface area contributed by atoms with Crippen LogP contribution in [0.15, 0.2) is 36.4 Å². The Morgan fingerprint density at radius 3 is 1.61 bits per heavy atom. The van der Waals surface area contributed by atoms with Crippen molar-refractivity contribution in [2.24, 2.45) is 0 Å². The molecule has 33 heavy (non-hydrogen) atoms. The Kier molecular flexibility index (Phi) is 9.40. The van der Waals surface area contributed by atoms with Gasteiger partial charge in [-0.3, -0.25) is 0 Å². The second kappa shape index (κ2) is 12.5. The number of hydrogen-bond donors (Lipinski definition) is 1. The molecule has 3 saturated carbocycles. The molecule has 1 N–H and O–H groups in total. The van der Waals surface area contributed by atoms with Gasteiger partial charge in [0.25, 0.3) is 0 Å². The normalized spacial score (nSPS) is 20.7. The Hall–Kier alpha value is -1.23. The van der Waals surface area contributed by atoms with E-state index in [1.807, 2.05) is 6.07 Å². The first-order chi connectivity index (χ1) is 16.1. The summed E-state index contributed by atoms with van der Waals surface area (Å²) in [5.74, 6) is -1.60. The minimum Gasteiger partial charge on any atom is -0.545 e. The Labute approximate surface area is 206 Å². The second-order valence-corrected chi connectivity index (χ2v) is 20.3. The first-order valence-corrected chi connectivity index (χ1v) is 18.4. The van der Waals surface area contributed by atoms with Crippen molar-refractivity contribution in [1.29, 1.82) is 0 Å². The van der Waals surface area contributed by atoms with Crippen molar-refractivity contribution >= 4 is 36.5 Å². The van der Waals surface area contributed by atoms with Crippen molar-refractivity contribution in [2.45, 2.75) is 108 Å². The first kappa shape index (κ1) is 24.9. The topological polar surface area (TPSA) is 60.4 Å². The van der Waals surface area contributed by atoms with E-state index in [2.05, 4.69) is 0 Å². The summed E-state index contributed by atoms with van der Waals surface area (Å²) in [5.41, 5.74) is -0.177. The van der Waals surface area contributed by atoms with Crippen molar-refractivity contribution in [3.05, 3.63) is 42.0 Å². The maximum atomic E-state index is 10.6. The van der Waals surface area contributed by atoms with Gasteiger partial charge < -0.3 is 15.0 Å². The monoisotopic (exact) mass is 556 g/mol. The Bertz CT molecular complexity index is 850. The number of hydrogen-bond acceptors (Lipinski definition) is 3. The van der Waals surface area contributed by atoms with Crippen molar-refractivity contribution < 1.29 is 15.0 Å². The number of fused-ring (bicyclic) bond motifs is 1. The quantitative estimate of drug-likeness (QED) is 0.401. The van der Waals surface area contributed by atoms with Crippen LogP contribution in [0, 0.1) is 0 Å². The zero-order chi connectivity index (χ0) is 23.0. The molecule has 2 aromatic rings. The van der Waals surface area contributed by atoms with E-state index in [9.17, 15) is 15.0 Å². The van der Waals surface area contributed by atoms with Crippen LogP contribution in [0.1, 0.15) is 107 Å². The van der Waals surface area contributed by atoms with Gasteiger partial charge in [-0.05, 0) is 11.5 Å². The van der Waals surface area contributed by atoms with Crippen LogP contribution >= 0.6 is 0 Å². The molecule has 0 bridgehead atoms. The molecular formula is C29H40O3Sn. The van der Waals surface area contributed by atoms with Gasteiger partial charge in [-0.15, -0.1) is 0 Å². The zero-order valence-corrected chi connectivity index (χ0v) is 22.9. The molecule has 3 fully saturated rings. The van der Waals surface area contributed by atoms with E-state index in [1.165, 1.54) is 17.9 Å². The van der Waals surface area contributed by atoms with Gasteiger partial charge in [-0.25, -0.2) is 0 Å². The van der Waals surface area contributed by atoms with Gasteiger partial charge in [-0.2, -0.15) is 0 Å². The molecule has 0 spiro atoms. The number of carbonyl (C=O) groups excluding carboxylic acids is 1. The predicted molar refractivity (Wildman–Crippen MR) is 136 cm³/mol. The zero-order valence-electron chi connectivity index (χ0n) is 20.1. The van der Waals surface area contributed by atoms with Gasteiger partial charge in [0, 0.05) is 10.9 Å². The molecule has 0 amide bonds. The number of carboxylic acid groups (broad SMARTS) is 1. The van der Waals surface area contributed by atoms with Crippen LogP contribution in [0.5, 0.6) is 5.75 Å². The Morgan fingerprint density at radius 1 is 0.697 bits per heavy atom. The van der Waals surface area contributed by atoms with Crippen molar-refractivity contribution in [3.8, 4) is 5.75 Å². The van der Waals surface area contributed by atoms with E-state index in [0.29, 0.717) is 5.39 Å². The summed E-state index contributed by atoms with van der Waals surface area (Å²) in [7, 11) is 0. The van der Waals surface area contributed by atoms with E-state index >= 15 is 0 Å². The molecule has 0 aromatic heterocycles. The van der Waals surface area contributed by atoms with Crippen LogP contribution in [-0.2, 0) is 0 Å². The molecule has 0 heterocycles. The minimum atomic E-state index is -1.37. The van der Waals surface area contributed by atoms with Crippen molar-refractivity contribution in [2.75, 3.05) is 0 Å². The smallest absolute Gasteiger partial charge is 0.132 e. The summed E-state index contributed by atoms with van der Waals surface area (Å²) >= 11 is -1.15. The summed E-state index contributed by atoms with van der Waals surface area (Å²) in [6, 6.07) is 10.00. The molecule has 0 saturated heterocycles. The van der Waals surface area contributed by atoms with Crippen LogP contribution in [0.3, 0.4) is 0 Å². The van der Waals surface area contributed by atoms with E-state index in [0.717, 1.165) is 5.39 Å². The van der Waals surface area contributed by atoms with Gasteiger partial charge in [0.2, 0.25) is 0 Å². The van der Waals surface area contributed by atoms with Crippen LogP contribution < -0.4 is 5.11 Å². The van der Waals surface area contributed by atoms with Crippen LogP contribution in [0.2, 0.25) is 11.8 Å². The van der Waals surface area contributed by atoms with Crippen molar-refractivity contribution in [1.82, 2.24) is 0 Å². The molecule has 178 valence electrons. The Morgan fingerprint density at radius 2 is 1.15 bits per heavy atom. The molecule has 0 aliphatic heterocycles. The van der Waals surface area contributed by atoms with Gasteiger partial charge in [0.1, 0.15) is 5.75 Å². The summed E-state index contributed by atoms with van der Waals surface area (Å²) in [4.78, 5) is 10.6. The number of carboxylic acids is 1. The van der Waals surface area contributed by atoms with E-state index in [-0.39, 0.29) is 11.3 Å². The number of rotatable bonds is 4. The summed E-state index contributed by atoms with van der Waals surface area (Å²) in [6.45, 7) is 0. The third-order valence-electron chi connectivity index (χ3n) is 8.35. The SMILES string of the molecule is C1CC[CH]([Sn+]([CH]2CCCCC2)[CH]2CCCCC2)CC1.O=C([O-])c1ccc2ccccc2c1O. The van der Waals surface area contributed by atoms with Gasteiger partial charge >= 0.3 is 128 Å². The number of carbonyl (C=O) groups is 1. The van der Waals surface area contributed by atoms with Crippen molar-refractivity contribution in [3.63, 3.8) is 0 Å². The summed E-state index contributed by atoms with van der Waals surface area (Å²) in [5, 5.41) is 21.5. The number of aromatic carboxylic acids is 1. The fourth-order valence-corrected chi connectivity index (χ4v) is 21.6. The Balaban J connectivity index is 0.000000165. The van der Waals surface area contributed by atoms with E-state index in [4.69, 9.17) is 0 Å². The molecule has 0 radical (unpaired) electrons. The number of benzene rings is 2. The van der Waals surface area contributed by atoms with Gasteiger partial charge in [-0.1, -0.05) is 30.3 Å².